The van der Waals surface area contributed by atoms with Crippen molar-refractivity contribution in [2.45, 2.75) is 117 Å². The van der Waals surface area contributed by atoms with Crippen LogP contribution < -0.4 is 31.5 Å². The number of rotatable bonds is 12. The van der Waals surface area contributed by atoms with Crippen LogP contribution in [0.4, 0.5) is 0 Å². The molecular formula is C36H54P3Si. The Morgan fingerprint density at radius 2 is 0.550 bits per heavy atom. The van der Waals surface area contributed by atoms with E-state index in [0.717, 1.165) is 0 Å². The average Bonchev–Trinajstić information content (AvgIpc) is 2.86. The molecule has 217 valence electrons. The second-order valence-corrected chi connectivity index (χ2v) is 25.2. The van der Waals surface area contributed by atoms with Crippen molar-refractivity contribution in [3.8, 4) is 0 Å². The molecule has 0 saturated heterocycles. The minimum Gasteiger partial charge on any atom is -0.0702 e. The average molecular weight is 608 g/mol. The van der Waals surface area contributed by atoms with Crippen molar-refractivity contribution in [2.75, 3.05) is 0 Å². The summed E-state index contributed by atoms with van der Waals surface area (Å²) in [4.78, 5) is 0. The molecular weight excluding hydrogens is 553 g/mol. The minimum atomic E-state index is -1.25. The highest BCUT2D eigenvalue weighted by Crippen LogP contribution is 2.46. The van der Waals surface area contributed by atoms with Crippen LogP contribution in [-0.4, -0.2) is 42.8 Å². The monoisotopic (exact) mass is 607 g/mol. The smallest absolute Gasteiger partial charge is 0.0702 e. The van der Waals surface area contributed by atoms with Crippen LogP contribution in [-0.2, 0) is 0 Å². The van der Waals surface area contributed by atoms with Crippen molar-refractivity contribution in [3.63, 3.8) is 0 Å². The Morgan fingerprint density at radius 3 is 0.750 bits per heavy atom. The molecule has 0 spiro atoms. The highest BCUT2D eigenvalue weighted by molar-refractivity contribution is 7.69. The van der Waals surface area contributed by atoms with Gasteiger partial charge in [0.15, 0.2) is 8.80 Å². The van der Waals surface area contributed by atoms with Crippen molar-refractivity contribution in [2.24, 2.45) is 0 Å². The summed E-state index contributed by atoms with van der Waals surface area (Å²) in [7, 11) is -2.06. The molecule has 0 amide bonds. The maximum absolute atomic E-state index is 2.53. The second kappa shape index (κ2) is 15.1. The van der Waals surface area contributed by atoms with Gasteiger partial charge in [-0.05, 0) is 65.4 Å². The van der Waals surface area contributed by atoms with Crippen LogP contribution in [0.25, 0.3) is 0 Å². The van der Waals surface area contributed by atoms with Crippen LogP contribution in [0.1, 0.15) is 83.1 Å². The van der Waals surface area contributed by atoms with Crippen LogP contribution >= 0.6 is 23.8 Å². The lowest BCUT2D eigenvalue weighted by atomic mass is 10.3. The molecule has 0 aromatic heterocycles. The van der Waals surface area contributed by atoms with Gasteiger partial charge in [-0.3, -0.25) is 0 Å². The highest BCUT2D eigenvalue weighted by Gasteiger charge is 2.34. The Labute approximate surface area is 253 Å². The number of benzene rings is 3. The van der Waals surface area contributed by atoms with Crippen LogP contribution in [0, 0.1) is 0 Å². The first kappa shape index (κ1) is 33.7. The van der Waals surface area contributed by atoms with E-state index >= 15 is 0 Å². The lowest BCUT2D eigenvalue weighted by molar-refractivity contribution is 1.02. The summed E-state index contributed by atoms with van der Waals surface area (Å²) in [6, 6.07) is 29.0. The maximum atomic E-state index is 2.53. The van der Waals surface area contributed by atoms with Crippen LogP contribution in [0.5, 0.6) is 0 Å². The summed E-state index contributed by atoms with van der Waals surface area (Å²) in [5.41, 5.74) is 3.98. The van der Waals surface area contributed by atoms with Gasteiger partial charge < -0.3 is 0 Å². The van der Waals surface area contributed by atoms with Crippen LogP contribution in [0.2, 0.25) is 0 Å². The Kier molecular flexibility index (Phi) is 12.7. The molecule has 0 N–H and O–H groups in total. The molecule has 0 aliphatic heterocycles. The fourth-order valence-corrected chi connectivity index (χ4v) is 20.2. The third-order valence-electron chi connectivity index (χ3n) is 7.69. The maximum Gasteiger partial charge on any atom is 0.157 e. The first-order valence-electron chi connectivity index (χ1n) is 15.4. The van der Waals surface area contributed by atoms with E-state index in [4.69, 9.17) is 0 Å². The predicted octanol–water partition coefficient (Wildman–Crippen LogP) is 7.97. The molecule has 0 aliphatic rings. The van der Waals surface area contributed by atoms with E-state index in [1.165, 1.54) is 0 Å². The van der Waals surface area contributed by atoms with Gasteiger partial charge in [-0.1, -0.05) is 180 Å². The Bertz CT molecular complexity index is 1040. The first-order valence-corrected chi connectivity index (χ1v) is 21.3. The van der Waals surface area contributed by atoms with Gasteiger partial charge in [0, 0.05) is 0 Å². The summed E-state index contributed by atoms with van der Waals surface area (Å²) < 4.78 is 0. The third-order valence-corrected chi connectivity index (χ3v) is 20.8. The molecule has 0 unspecified atom stereocenters. The van der Waals surface area contributed by atoms with Crippen molar-refractivity contribution in [1.82, 2.24) is 0 Å². The van der Waals surface area contributed by atoms with Gasteiger partial charge in [0.2, 0.25) is 0 Å². The van der Waals surface area contributed by atoms with Crippen molar-refractivity contribution in [3.05, 3.63) is 72.8 Å². The fourth-order valence-electron chi connectivity index (χ4n) is 6.62. The molecule has 3 rings (SSSR count). The molecule has 0 aliphatic carbocycles. The Hall–Kier alpha value is -0.833. The second-order valence-electron chi connectivity index (χ2n) is 12.7. The molecule has 0 atom stereocenters. The molecule has 3 aromatic rings. The van der Waals surface area contributed by atoms with E-state index in [1.807, 2.05) is 0 Å². The minimum absolute atomic E-state index is 0.271. The summed E-state index contributed by atoms with van der Waals surface area (Å²) >= 11 is 0. The van der Waals surface area contributed by atoms with Gasteiger partial charge in [0.25, 0.3) is 0 Å². The van der Waals surface area contributed by atoms with E-state index in [0.29, 0.717) is 34.0 Å². The molecule has 40 heavy (non-hydrogen) atoms. The Morgan fingerprint density at radius 1 is 0.350 bits per heavy atom. The standard InChI is InChI=1S/C36H54P3Si/c1-25(2)37(26(3)4)31-19-13-16-22-34(31)40(35-23-17-14-20-32(35)38(27(5)6)28(7)8)36-24-18-15-21-33(36)39(29(9)10)30(11)12/h13-30H,1-12H3. The summed E-state index contributed by atoms with van der Waals surface area (Å²) in [5.74, 6) is 0. The molecule has 3 aromatic carbocycles. The summed E-state index contributed by atoms with van der Waals surface area (Å²) in [6.45, 7) is 29.4. The van der Waals surface area contributed by atoms with E-state index in [2.05, 4.69) is 156 Å². The molecule has 0 bridgehead atoms. The van der Waals surface area contributed by atoms with Gasteiger partial charge in [0.05, 0.1) is 0 Å². The van der Waals surface area contributed by atoms with E-state index in [1.54, 1.807) is 31.5 Å². The van der Waals surface area contributed by atoms with Gasteiger partial charge in [-0.2, -0.15) is 0 Å². The zero-order chi connectivity index (χ0) is 29.7. The zero-order valence-electron chi connectivity index (χ0n) is 27.2. The molecule has 1 radical (unpaired) electrons. The SMILES string of the molecule is CC(C)P(c1ccccc1[Si](c1ccccc1P(C(C)C)C(C)C)c1ccccc1P(C(C)C)C(C)C)C(C)C. The van der Waals surface area contributed by atoms with Gasteiger partial charge in [-0.25, -0.2) is 0 Å². The fraction of sp³-hybridized carbons (Fsp3) is 0.500. The summed E-state index contributed by atoms with van der Waals surface area (Å²) in [5, 5.41) is 9.89. The molecule has 4 heteroatoms. The topological polar surface area (TPSA) is 0 Å². The van der Waals surface area contributed by atoms with E-state index < -0.39 is 8.80 Å². The van der Waals surface area contributed by atoms with Crippen molar-refractivity contribution in [1.29, 1.82) is 0 Å². The molecule has 0 heterocycles. The third kappa shape index (κ3) is 7.56. The molecule has 0 fully saturated rings. The number of hydrogen-bond donors (Lipinski definition) is 0. The van der Waals surface area contributed by atoms with Crippen LogP contribution in [0.15, 0.2) is 72.8 Å². The number of hydrogen-bond acceptors (Lipinski definition) is 0. The van der Waals surface area contributed by atoms with Crippen molar-refractivity contribution >= 4 is 64.0 Å². The van der Waals surface area contributed by atoms with Gasteiger partial charge >= 0.3 is 0 Å². The van der Waals surface area contributed by atoms with Crippen molar-refractivity contribution < 1.29 is 0 Å². The van der Waals surface area contributed by atoms with Gasteiger partial charge in [-0.15, -0.1) is 0 Å². The van der Waals surface area contributed by atoms with Crippen LogP contribution in [0.3, 0.4) is 0 Å². The largest absolute Gasteiger partial charge is 0.157 e. The first-order chi connectivity index (χ1) is 18.9. The quantitative estimate of drug-likeness (QED) is 0.111. The zero-order valence-corrected chi connectivity index (χ0v) is 30.9. The van der Waals surface area contributed by atoms with E-state index in [-0.39, 0.29) is 23.8 Å². The Balaban J connectivity index is 2.48. The lowest BCUT2D eigenvalue weighted by Crippen LogP contribution is -2.63. The molecule has 0 saturated carbocycles. The van der Waals surface area contributed by atoms with Gasteiger partial charge in [0.1, 0.15) is 0 Å². The van der Waals surface area contributed by atoms with E-state index in [9.17, 15) is 0 Å². The highest BCUT2D eigenvalue weighted by atomic mass is 31.1. The summed E-state index contributed by atoms with van der Waals surface area (Å²) in [6.07, 6.45) is 0. The molecule has 0 nitrogen and oxygen atoms in total. The lowest BCUT2D eigenvalue weighted by Gasteiger charge is -2.35. The normalized spacial score (nSPS) is 12.8. The predicted molar refractivity (Wildman–Crippen MR) is 194 cm³/mol.